The molecule has 26 heavy (non-hydrogen) atoms. The number of nitrogens with one attached hydrogen (secondary N) is 1. The molecule has 6 heteroatoms. The van der Waals surface area contributed by atoms with Crippen molar-refractivity contribution < 1.29 is 9.59 Å². The number of hydrogen-bond acceptors (Lipinski definition) is 3. The summed E-state index contributed by atoms with van der Waals surface area (Å²) in [6.07, 6.45) is 3.18. The summed E-state index contributed by atoms with van der Waals surface area (Å²) in [5.41, 5.74) is 1.87. The van der Waals surface area contributed by atoms with E-state index >= 15 is 0 Å². The smallest absolute Gasteiger partial charge is 0.321 e. The zero-order valence-electron chi connectivity index (χ0n) is 15.3. The molecule has 6 nitrogen and oxygen atoms in total. The molecule has 0 radical (unpaired) electrons. The molecule has 1 aromatic rings. The van der Waals surface area contributed by atoms with Crippen molar-refractivity contribution in [3.8, 4) is 6.07 Å². The van der Waals surface area contributed by atoms with E-state index in [0.717, 1.165) is 36.9 Å². The van der Waals surface area contributed by atoms with Crippen LogP contribution < -0.4 is 5.32 Å². The standard InChI is InChI=1S/C20H26N4O2/c1-15-4-2-6-18(12-15)22-20(26)24-9-3-5-17(14-24)19(25)23-10-7-16(13-21)8-11-23/h2,4,6,12,16-17H,3,5,7-11,14H2,1H3,(H,22,26). The van der Waals surface area contributed by atoms with Gasteiger partial charge in [0.2, 0.25) is 5.91 Å². The van der Waals surface area contributed by atoms with E-state index in [1.807, 2.05) is 36.1 Å². The summed E-state index contributed by atoms with van der Waals surface area (Å²) >= 11 is 0. The maximum atomic E-state index is 12.8. The Balaban J connectivity index is 1.56. The van der Waals surface area contributed by atoms with Gasteiger partial charge in [0, 0.05) is 37.8 Å². The van der Waals surface area contributed by atoms with Crippen molar-refractivity contribution in [1.29, 1.82) is 5.26 Å². The number of likely N-dealkylation sites (tertiary alicyclic amines) is 2. The number of urea groups is 1. The molecule has 0 aromatic heterocycles. The average molecular weight is 354 g/mol. The van der Waals surface area contributed by atoms with Gasteiger partial charge < -0.3 is 15.1 Å². The fourth-order valence-electron chi connectivity index (χ4n) is 3.78. The highest BCUT2D eigenvalue weighted by molar-refractivity contribution is 5.90. The number of hydrogen-bond donors (Lipinski definition) is 1. The Bertz CT molecular complexity index is 704. The van der Waals surface area contributed by atoms with E-state index < -0.39 is 0 Å². The van der Waals surface area contributed by atoms with Crippen LogP contribution in [0.3, 0.4) is 0 Å². The summed E-state index contributed by atoms with van der Waals surface area (Å²) in [5.74, 6) is 0.0714. The fraction of sp³-hybridized carbons (Fsp3) is 0.550. The quantitative estimate of drug-likeness (QED) is 0.887. The van der Waals surface area contributed by atoms with Crippen molar-refractivity contribution in [1.82, 2.24) is 9.80 Å². The number of carbonyl (C=O) groups excluding carboxylic acids is 2. The highest BCUT2D eigenvalue weighted by Crippen LogP contribution is 2.23. The van der Waals surface area contributed by atoms with Crippen LogP contribution in [0.1, 0.15) is 31.2 Å². The largest absolute Gasteiger partial charge is 0.342 e. The summed E-state index contributed by atoms with van der Waals surface area (Å²) < 4.78 is 0. The Morgan fingerprint density at radius 1 is 1.15 bits per heavy atom. The molecule has 2 aliphatic rings. The fourth-order valence-corrected chi connectivity index (χ4v) is 3.78. The van der Waals surface area contributed by atoms with Gasteiger partial charge >= 0.3 is 6.03 Å². The van der Waals surface area contributed by atoms with Crippen molar-refractivity contribution in [3.05, 3.63) is 29.8 Å². The topological polar surface area (TPSA) is 76.4 Å². The summed E-state index contributed by atoms with van der Waals surface area (Å²) in [7, 11) is 0. The zero-order chi connectivity index (χ0) is 18.5. The molecular formula is C20H26N4O2. The zero-order valence-corrected chi connectivity index (χ0v) is 15.3. The minimum absolute atomic E-state index is 0.0713. The van der Waals surface area contributed by atoms with Crippen LogP contribution in [-0.2, 0) is 4.79 Å². The van der Waals surface area contributed by atoms with Crippen LogP contribution in [0.25, 0.3) is 0 Å². The van der Waals surface area contributed by atoms with Crippen molar-refractivity contribution >= 4 is 17.6 Å². The lowest BCUT2D eigenvalue weighted by Crippen LogP contribution is -2.49. The molecule has 0 spiro atoms. The SMILES string of the molecule is Cc1cccc(NC(=O)N2CCCC(C(=O)N3CCC(C#N)CC3)C2)c1. The van der Waals surface area contributed by atoms with Crippen LogP contribution in [0.5, 0.6) is 0 Å². The number of aryl methyl sites for hydroxylation is 1. The minimum Gasteiger partial charge on any atom is -0.342 e. The van der Waals surface area contributed by atoms with Crippen LogP contribution in [0.4, 0.5) is 10.5 Å². The van der Waals surface area contributed by atoms with E-state index in [9.17, 15) is 9.59 Å². The van der Waals surface area contributed by atoms with Crippen LogP contribution in [0, 0.1) is 30.1 Å². The van der Waals surface area contributed by atoms with E-state index in [0.29, 0.717) is 26.2 Å². The predicted octanol–water partition coefficient (Wildman–Crippen LogP) is 3.00. The molecule has 1 atom stereocenters. The van der Waals surface area contributed by atoms with E-state index in [-0.39, 0.29) is 23.8 Å². The lowest BCUT2D eigenvalue weighted by atomic mass is 9.93. The van der Waals surface area contributed by atoms with Crippen LogP contribution >= 0.6 is 0 Å². The van der Waals surface area contributed by atoms with Gasteiger partial charge in [-0.3, -0.25) is 4.79 Å². The summed E-state index contributed by atoms with van der Waals surface area (Å²) in [6.45, 7) is 4.44. The number of rotatable bonds is 2. The number of carbonyl (C=O) groups is 2. The number of nitrogens with zero attached hydrogens (tertiary/aromatic N) is 3. The lowest BCUT2D eigenvalue weighted by Gasteiger charge is -2.37. The first-order chi connectivity index (χ1) is 12.6. The molecule has 3 amide bonds. The van der Waals surface area contributed by atoms with Gasteiger partial charge in [-0.1, -0.05) is 12.1 Å². The van der Waals surface area contributed by atoms with Gasteiger partial charge in [-0.15, -0.1) is 0 Å². The second-order valence-electron chi connectivity index (χ2n) is 7.31. The van der Waals surface area contributed by atoms with Gasteiger partial charge in [-0.2, -0.15) is 5.26 Å². The number of anilines is 1. The average Bonchev–Trinajstić information content (AvgIpc) is 2.67. The molecule has 3 rings (SSSR count). The first kappa shape index (κ1) is 18.2. The van der Waals surface area contributed by atoms with E-state index in [1.165, 1.54) is 0 Å². The minimum atomic E-state index is -0.142. The van der Waals surface area contributed by atoms with Crippen LogP contribution in [0.2, 0.25) is 0 Å². The van der Waals surface area contributed by atoms with Crippen molar-refractivity contribution in [2.45, 2.75) is 32.6 Å². The normalized spacial score (nSPS) is 21.2. The number of benzene rings is 1. The van der Waals surface area contributed by atoms with Gasteiger partial charge in [-0.25, -0.2) is 4.79 Å². The molecule has 1 aromatic carbocycles. The van der Waals surface area contributed by atoms with Gasteiger partial charge in [0.15, 0.2) is 0 Å². The second kappa shape index (κ2) is 8.22. The molecular weight excluding hydrogens is 328 g/mol. The summed E-state index contributed by atoms with van der Waals surface area (Å²) in [6, 6.07) is 9.86. The third-order valence-corrected chi connectivity index (χ3v) is 5.32. The molecule has 2 heterocycles. The molecule has 1 N–H and O–H groups in total. The Kier molecular flexibility index (Phi) is 5.77. The maximum absolute atomic E-state index is 12.8. The monoisotopic (exact) mass is 354 g/mol. The molecule has 1 unspecified atom stereocenters. The van der Waals surface area contributed by atoms with Gasteiger partial charge in [0.25, 0.3) is 0 Å². The third kappa shape index (κ3) is 4.34. The number of amides is 3. The summed E-state index contributed by atoms with van der Waals surface area (Å²) in [4.78, 5) is 29.0. The highest BCUT2D eigenvalue weighted by Gasteiger charge is 2.32. The Hall–Kier alpha value is -2.55. The molecule has 2 aliphatic heterocycles. The molecule has 138 valence electrons. The van der Waals surface area contributed by atoms with E-state index in [1.54, 1.807) is 4.90 Å². The third-order valence-electron chi connectivity index (χ3n) is 5.32. The van der Waals surface area contributed by atoms with E-state index in [4.69, 9.17) is 5.26 Å². The maximum Gasteiger partial charge on any atom is 0.321 e. The van der Waals surface area contributed by atoms with Crippen molar-refractivity contribution in [2.75, 3.05) is 31.5 Å². The van der Waals surface area contributed by atoms with Crippen molar-refractivity contribution in [3.63, 3.8) is 0 Å². The Morgan fingerprint density at radius 3 is 2.62 bits per heavy atom. The predicted molar refractivity (Wildman–Crippen MR) is 99.4 cm³/mol. The van der Waals surface area contributed by atoms with E-state index in [2.05, 4.69) is 11.4 Å². The summed E-state index contributed by atoms with van der Waals surface area (Å²) in [5, 5.41) is 11.9. The Morgan fingerprint density at radius 2 is 1.92 bits per heavy atom. The molecule has 0 saturated carbocycles. The molecule has 0 aliphatic carbocycles. The lowest BCUT2D eigenvalue weighted by molar-refractivity contribution is -0.138. The van der Waals surface area contributed by atoms with Crippen LogP contribution in [-0.4, -0.2) is 47.9 Å². The van der Waals surface area contributed by atoms with Crippen LogP contribution in [0.15, 0.2) is 24.3 Å². The highest BCUT2D eigenvalue weighted by atomic mass is 16.2. The van der Waals surface area contributed by atoms with Crippen molar-refractivity contribution in [2.24, 2.45) is 11.8 Å². The number of nitriles is 1. The molecule has 2 saturated heterocycles. The first-order valence-electron chi connectivity index (χ1n) is 9.38. The van der Waals surface area contributed by atoms with Gasteiger partial charge in [-0.05, 0) is 50.3 Å². The van der Waals surface area contributed by atoms with Gasteiger partial charge in [0.1, 0.15) is 0 Å². The first-order valence-corrected chi connectivity index (χ1v) is 9.38. The Labute approximate surface area is 154 Å². The molecule has 0 bridgehead atoms. The van der Waals surface area contributed by atoms with Gasteiger partial charge in [0.05, 0.1) is 12.0 Å². The molecule has 2 fully saturated rings. The second-order valence-corrected chi connectivity index (χ2v) is 7.31. The number of piperidine rings is 2.